The number of aromatic nitrogens is 5. The van der Waals surface area contributed by atoms with E-state index in [2.05, 4.69) is 25.4 Å². The normalized spacial score (nSPS) is 14.4. The van der Waals surface area contributed by atoms with Crippen LogP contribution in [0.25, 0.3) is 5.95 Å². The Hall–Kier alpha value is -2.18. The Morgan fingerprint density at radius 2 is 2.21 bits per heavy atom. The second-order valence-electron chi connectivity index (χ2n) is 4.44. The lowest BCUT2D eigenvalue weighted by Gasteiger charge is -2.06. The number of anilines is 1. The number of hydrogen-bond donors (Lipinski definition) is 1. The molecule has 1 saturated carbocycles. The second-order valence-corrected chi connectivity index (χ2v) is 4.44. The van der Waals surface area contributed by atoms with E-state index in [4.69, 9.17) is 4.74 Å². The topological polar surface area (TPSA) is 77.8 Å². The molecule has 3 rings (SSSR count). The predicted octanol–water partition coefficient (Wildman–Crippen LogP) is 1.38. The van der Waals surface area contributed by atoms with Gasteiger partial charge in [-0.3, -0.25) is 0 Å². The zero-order valence-electron chi connectivity index (χ0n) is 11.0. The summed E-state index contributed by atoms with van der Waals surface area (Å²) in [6.45, 7) is 2.72. The van der Waals surface area contributed by atoms with Crippen LogP contribution in [0, 0.1) is 0 Å². The monoisotopic (exact) mass is 260 g/mol. The minimum Gasteiger partial charge on any atom is -0.467 e. The van der Waals surface area contributed by atoms with Crippen LogP contribution >= 0.6 is 0 Å². The molecular weight excluding hydrogens is 244 g/mol. The molecule has 2 aromatic heterocycles. The highest BCUT2D eigenvalue weighted by Crippen LogP contribution is 2.38. The van der Waals surface area contributed by atoms with Crippen molar-refractivity contribution in [3.05, 3.63) is 18.0 Å². The number of ether oxygens (including phenoxy) is 1. The third kappa shape index (κ3) is 2.49. The van der Waals surface area contributed by atoms with Crippen molar-refractivity contribution in [1.29, 1.82) is 0 Å². The summed E-state index contributed by atoms with van der Waals surface area (Å²) in [6.07, 6.45) is 4.32. The van der Waals surface area contributed by atoms with Crippen LogP contribution in [0.1, 0.15) is 31.4 Å². The Morgan fingerprint density at radius 3 is 2.89 bits per heavy atom. The molecule has 7 nitrogen and oxygen atoms in total. The summed E-state index contributed by atoms with van der Waals surface area (Å²) in [5.41, 5.74) is 1.10. The van der Waals surface area contributed by atoms with Crippen LogP contribution in [0.4, 0.5) is 5.95 Å². The number of hydrogen-bond acceptors (Lipinski definition) is 6. The molecule has 1 fully saturated rings. The van der Waals surface area contributed by atoms with Crippen molar-refractivity contribution in [2.45, 2.75) is 25.7 Å². The van der Waals surface area contributed by atoms with Gasteiger partial charge in [-0.05, 0) is 25.8 Å². The van der Waals surface area contributed by atoms with Crippen LogP contribution in [-0.2, 0) is 0 Å². The van der Waals surface area contributed by atoms with E-state index < -0.39 is 0 Å². The number of methoxy groups -OCH3 is 1. The lowest BCUT2D eigenvalue weighted by Crippen LogP contribution is -2.10. The van der Waals surface area contributed by atoms with Gasteiger partial charge in [-0.25, -0.2) is 4.68 Å². The summed E-state index contributed by atoms with van der Waals surface area (Å²) in [6, 6.07) is 2.30. The highest BCUT2D eigenvalue weighted by atomic mass is 16.5. The molecule has 1 aliphatic rings. The highest BCUT2D eigenvalue weighted by molar-refractivity contribution is 5.30. The molecule has 0 aromatic carbocycles. The maximum atomic E-state index is 5.09. The standard InChI is InChI=1S/C12H16N6O/c1-3-13-10-14-11(16-12(15-10)19-2)18-7-6-9(17-18)8-4-5-8/h6-8H,3-5H2,1-2H3,(H,13,14,15,16). The van der Waals surface area contributed by atoms with Gasteiger partial charge in [0.1, 0.15) is 0 Å². The number of nitrogens with zero attached hydrogens (tertiary/aromatic N) is 5. The lowest BCUT2D eigenvalue weighted by molar-refractivity contribution is 0.377. The zero-order valence-corrected chi connectivity index (χ0v) is 11.0. The molecule has 0 aliphatic heterocycles. The van der Waals surface area contributed by atoms with Crippen molar-refractivity contribution in [2.75, 3.05) is 19.0 Å². The summed E-state index contributed by atoms with van der Waals surface area (Å²) < 4.78 is 6.75. The van der Waals surface area contributed by atoms with E-state index in [0.717, 1.165) is 12.2 Å². The SMILES string of the molecule is CCNc1nc(OC)nc(-n2ccc(C3CC3)n2)n1. The Kier molecular flexibility index (Phi) is 3.02. The minimum atomic E-state index is 0.282. The van der Waals surface area contributed by atoms with Gasteiger partial charge in [0, 0.05) is 18.7 Å². The van der Waals surface area contributed by atoms with Gasteiger partial charge in [0.25, 0.3) is 5.95 Å². The molecule has 2 aromatic rings. The molecule has 19 heavy (non-hydrogen) atoms. The molecule has 2 heterocycles. The Labute approximate surface area is 111 Å². The van der Waals surface area contributed by atoms with Crippen LogP contribution < -0.4 is 10.1 Å². The Balaban J connectivity index is 1.94. The van der Waals surface area contributed by atoms with E-state index >= 15 is 0 Å². The molecule has 0 saturated heterocycles. The van der Waals surface area contributed by atoms with Crippen LogP contribution in [0.3, 0.4) is 0 Å². The van der Waals surface area contributed by atoms with Gasteiger partial charge in [0.05, 0.1) is 12.8 Å². The lowest BCUT2D eigenvalue weighted by atomic mass is 10.3. The highest BCUT2D eigenvalue weighted by Gasteiger charge is 2.26. The molecule has 0 bridgehead atoms. The fourth-order valence-electron chi connectivity index (χ4n) is 1.82. The first-order valence-electron chi connectivity index (χ1n) is 6.40. The maximum absolute atomic E-state index is 5.09. The first-order chi connectivity index (χ1) is 9.30. The second kappa shape index (κ2) is 4.83. The van der Waals surface area contributed by atoms with Crippen molar-refractivity contribution in [3.8, 4) is 12.0 Å². The van der Waals surface area contributed by atoms with E-state index in [1.54, 1.807) is 4.68 Å². The average Bonchev–Trinajstić information content (AvgIpc) is 3.16. The third-order valence-corrected chi connectivity index (χ3v) is 2.93. The van der Waals surface area contributed by atoms with Crippen LogP contribution in [0.2, 0.25) is 0 Å². The van der Waals surface area contributed by atoms with Crippen molar-refractivity contribution in [2.24, 2.45) is 0 Å². The van der Waals surface area contributed by atoms with Gasteiger partial charge in [-0.1, -0.05) is 0 Å². The quantitative estimate of drug-likeness (QED) is 0.875. The number of nitrogens with one attached hydrogen (secondary N) is 1. The molecule has 1 N–H and O–H groups in total. The molecule has 0 radical (unpaired) electrons. The van der Waals surface area contributed by atoms with Gasteiger partial charge in [-0.15, -0.1) is 0 Å². The fraction of sp³-hybridized carbons (Fsp3) is 0.500. The fourth-order valence-corrected chi connectivity index (χ4v) is 1.82. The summed E-state index contributed by atoms with van der Waals surface area (Å²) >= 11 is 0. The average molecular weight is 260 g/mol. The first-order valence-corrected chi connectivity index (χ1v) is 6.40. The molecule has 0 amide bonds. The van der Waals surface area contributed by atoms with E-state index in [0.29, 0.717) is 17.8 Å². The van der Waals surface area contributed by atoms with Crippen LogP contribution in [0.5, 0.6) is 6.01 Å². The molecule has 0 atom stereocenters. The van der Waals surface area contributed by atoms with Crippen molar-refractivity contribution >= 4 is 5.95 Å². The van der Waals surface area contributed by atoms with E-state index in [-0.39, 0.29) is 6.01 Å². The molecular formula is C12H16N6O. The molecule has 0 spiro atoms. The van der Waals surface area contributed by atoms with Gasteiger partial charge in [0.2, 0.25) is 5.95 Å². The van der Waals surface area contributed by atoms with Crippen LogP contribution in [0.15, 0.2) is 12.3 Å². The largest absolute Gasteiger partial charge is 0.467 e. The van der Waals surface area contributed by atoms with Crippen molar-refractivity contribution in [1.82, 2.24) is 24.7 Å². The van der Waals surface area contributed by atoms with Crippen molar-refractivity contribution in [3.63, 3.8) is 0 Å². The van der Waals surface area contributed by atoms with Gasteiger partial charge < -0.3 is 10.1 Å². The molecule has 100 valence electrons. The first kappa shape index (κ1) is 11.9. The van der Waals surface area contributed by atoms with E-state index in [1.165, 1.54) is 20.0 Å². The zero-order chi connectivity index (χ0) is 13.2. The third-order valence-electron chi connectivity index (χ3n) is 2.93. The summed E-state index contributed by atoms with van der Waals surface area (Å²) in [5, 5.41) is 7.55. The smallest absolute Gasteiger partial charge is 0.322 e. The molecule has 1 aliphatic carbocycles. The predicted molar refractivity (Wildman–Crippen MR) is 69.6 cm³/mol. The van der Waals surface area contributed by atoms with E-state index in [9.17, 15) is 0 Å². The summed E-state index contributed by atoms with van der Waals surface area (Å²) in [4.78, 5) is 12.7. The van der Waals surface area contributed by atoms with Gasteiger partial charge >= 0.3 is 6.01 Å². The van der Waals surface area contributed by atoms with Crippen LogP contribution in [-0.4, -0.2) is 38.4 Å². The maximum Gasteiger partial charge on any atom is 0.322 e. The van der Waals surface area contributed by atoms with Crippen molar-refractivity contribution < 1.29 is 4.74 Å². The number of rotatable bonds is 5. The van der Waals surface area contributed by atoms with Gasteiger partial charge in [0.15, 0.2) is 0 Å². The summed E-state index contributed by atoms with van der Waals surface area (Å²) in [5.74, 6) is 1.57. The Bertz CT molecular complexity index is 577. The summed E-state index contributed by atoms with van der Waals surface area (Å²) in [7, 11) is 1.54. The molecule has 0 unspecified atom stereocenters. The Morgan fingerprint density at radius 1 is 1.37 bits per heavy atom. The van der Waals surface area contributed by atoms with E-state index in [1.807, 2.05) is 19.2 Å². The minimum absolute atomic E-state index is 0.282. The van der Waals surface area contributed by atoms with Gasteiger partial charge in [-0.2, -0.15) is 20.1 Å². The molecule has 7 heteroatoms.